The van der Waals surface area contributed by atoms with E-state index in [0.717, 1.165) is 5.56 Å². The Kier molecular flexibility index (Phi) is 8.65. The molecule has 1 heterocycles. The predicted octanol–water partition coefficient (Wildman–Crippen LogP) is 6.67. The molecule has 0 aliphatic rings. The van der Waals surface area contributed by atoms with Crippen LogP contribution in [-0.2, 0) is 6.42 Å². The van der Waals surface area contributed by atoms with E-state index in [2.05, 4.69) is 0 Å². The number of hydrogen-bond donors (Lipinski definition) is 1. The maximum Gasteiger partial charge on any atom is 0.254 e. The predicted molar refractivity (Wildman–Crippen MR) is 150 cm³/mol. The van der Waals surface area contributed by atoms with Crippen LogP contribution in [-0.4, -0.2) is 23.9 Å². The first kappa shape index (κ1) is 27.6. The highest BCUT2D eigenvalue weighted by molar-refractivity contribution is 6.31. The Hall–Kier alpha value is -3.48. The van der Waals surface area contributed by atoms with Crippen LogP contribution in [0.2, 0.25) is 5.02 Å². The molecule has 4 rings (SSSR count). The minimum absolute atomic E-state index is 0.138. The van der Waals surface area contributed by atoms with E-state index in [4.69, 9.17) is 21.8 Å². The lowest BCUT2D eigenvalue weighted by atomic mass is 9.91. The molecule has 1 amide bonds. The quantitative estimate of drug-likeness (QED) is 0.260. The molecule has 7 heteroatoms. The molecule has 2 N–H and O–H groups in total. The maximum absolute atomic E-state index is 14.4. The van der Waals surface area contributed by atoms with Gasteiger partial charge >= 0.3 is 0 Å². The summed E-state index contributed by atoms with van der Waals surface area (Å²) in [5.74, 6) is -0.536. The van der Waals surface area contributed by atoms with Gasteiger partial charge in [0, 0.05) is 35.2 Å². The second-order valence-corrected chi connectivity index (χ2v) is 10.3. The molecule has 0 fully saturated rings. The third kappa shape index (κ3) is 5.82. The first-order valence-electron chi connectivity index (χ1n) is 12.8. The molecule has 198 valence electrons. The minimum Gasteiger partial charge on any atom is -0.458 e. The van der Waals surface area contributed by atoms with Gasteiger partial charge in [-0.3, -0.25) is 9.59 Å². The van der Waals surface area contributed by atoms with Gasteiger partial charge in [0.25, 0.3) is 5.91 Å². The molecule has 0 bridgehead atoms. The van der Waals surface area contributed by atoms with Crippen LogP contribution in [0, 0.1) is 18.7 Å². The number of rotatable bonds is 9. The van der Waals surface area contributed by atoms with Gasteiger partial charge in [-0.1, -0.05) is 61.8 Å². The summed E-state index contributed by atoms with van der Waals surface area (Å²) >= 11 is 6.25. The molecule has 3 aromatic carbocycles. The number of hydrogen-bond acceptors (Lipinski definition) is 4. The second kappa shape index (κ2) is 11.9. The molecule has 5 nitrogen and oxygen atoms in total. The standard InChI is InChI=1S/C31H32ClFN2O3/c1-19(2)28(35(15-7-14-34)31(37)22-11-10-20(3)26(33)17-22)30-25(16-21-8-5-4-6-9-21)29(36)24-13-12-23(32)18-27(24)38-30/h4-6,8-13,17-19,28H,7,14-16,34H2,1-3H3. The summed E-state index contributed by atoms with van der Waals surface area (Å²) in [6, 6.07) is 18.5. The number of carbonyl (C=O) groups excluding carboxylic acids is 1. The van der Waals surface area contributed by atoms with E-state index in [-0.39, 0.29) is 22.8 Å². The van der Waals surface area contributed by atoms with Crippen LogP contribution in [0.5, 0.6) is 0 Å². The van der Waals surface area contributed by atoms with Crippen molar-refractivity contribution in [2.75, 3.05) is 13.1 Å². The molecule has 0 aliphatic heterocycles. The van der Waals surface area contributed by atoms with Crippen LogP contribution in [0.25, 0.3) is 11.0 Å². The first-order valence-corrected chi connectivity index (χ1v) is 13.1. The fourth-order valence-electron chi connectivity index (χ4n) is 4.75. The summed E-state index contributed by atoms with van der Waals surface area (Å²) < 4.78 is 20.9. The zero-order valence-corrected chi connectivity index (χ0v) is 22.6. The topological polar surface area (TPSA) is 76.5 Å². The highest BCUT2D eigenvalue weighted by Crippen LogP contribution is 2.35. The van der Waals surface area contributed by atoms with Crippen LogP contribution < -0.4 is 11.2 Å². The van der Waals surface area contributed by atoms with Gasteiger partial charge in [-0.15, -0.1) is 0 Å². The molecule has 38 heavy (non-hydrogen) atoms. The van der Waals surface area contributed by atoms with Gasteiger partial charge in [0.2, 0.25) is 0 Å². The molecule has 1 atom stereocenters. The van der Waals surface area contributed by atoms with E-state index >= 15 is 0 Å². The number of nitrogens with zero attached hydrogens (tertiary/aromatic N) is 1. The summed E-state index contributed by atoms with van der Waals surface area (Å²) in [6.07, 6.45) is 0.860. The zero-order chi connectivity index (χ0) is 27.4. The number of amides is 1. The summed E-state index contributed by atoms with van der Waals surface area (Å²) in [4.78, 5) is 29.4. The molecule has 4 aromatic rings. The van der Waals surface area contributed by atoms with Crippen molar-refractivity contribution < 1.29 is 13.6 Å². The summed E-state index contributed by atoms with van der Waals surface area (Å²) in [7, 11) is 0. The van der Waals surface area contributed by atoms with Gasteiger partial charge in [-0.25, -0.2) is 4.39 Å². The minimum atomic E-state index is -0.604. The molecule has 1 aromatic heterocycles. The number of carbonyl (C=O) groups is 1. The SMILES string of the molecule is Cc1ccc(C(=O)N(CCCN)C(c2oc3cc(Cl)ccc3c(=O)c2Cc2ccccc2)C(C)C)cc1F. The van der Waals surface area contributed by atoms with Gasteiger partial charge in [0.05, 0.1) is 11.4 Å². The van der Waals surface area contributed by atoms with Crippen molar-refractivity contribution in [3.8, 4) is 0 Å². The first-order chi connectivity index (χ1) is 18.2. The van der Waals surface area contributed by atoms with Crippen molar-refractivity contribution in [3.63, 3.8) is 0 Å². The molecule has 0 radical (unpaired) electrons. The largest absolute Gasteiger partial charge is 0.458 e. The monoisotopic (exact) mass is 534 g/mol. The molecular weight excluding hydrogens is 503 g/mol. The second-order valence-electron chi connectivity index (χ2n) is 9.87. The summed E-state index contributed by atoms with van der Waals surface area (Å²) in [5, 5.41) is 0.863. The number of nitrogens with two attached hydrogens (primary N) is 1. The fraction of sp³-hybridized carbons (Fsp3) is 0.290. The normalized spacial score (nSPS) is 12.2. The van der Waals surface area contributed by atoms with E-state index in [1.54, 1.807) is 42.2 Å². The number of halogens is 2. The van der Waals surface area contributed by atoms with Crippen molar-refractivity contribution in [2.45, 2.75) is 39.7 Å². The lowest BCUT2D eigenvalue weighted by Gasteiger charge is -2.35. The van der Waals surface area contributed by atoms with E-state index < -0.39 is 11.9 Å². The van der Waals surface area contributed by atoms with Crippen LogP contribution >= 0.6 is 11.6 Å². The molecular formula is C31H32ClFN2O3. The maximum atomic E-state index is 14.4. The molecule has 0 aliphatic carbocycles. The third-order valence-electron chi connectivity index (χ3n) is 6.72. The van der Waals surface area contributed by atoms with Crippen LogP contribution in [0.4, 0.5) is 4.39 Å². The summed E-state index contributed by atoms with van der Waals surface area (Å²) in [5.41, 5.74) is 8.13. The average molecular weight is 535 g/mol. The number of aryl methyl sites for hydroxylation is 1. The smallest absolute Gasteiger partial charge is 0.254 e. The fourth-order valence-corrected chi connectivity index (χ4v) is 4.92. The number of fused-ring (bicyclic) bond motifs is 1. The Morgan fingerprint density at radius 1 is 1.08 bits per heavy atom. The average Bonchev–Trinajstić information content (AvgIpc) is 2.89. The lowest BCUT2D eigenvalue weighted by molar-refractivity contribution is 0.0587. The number of benzene rings is 3. The van der Waals surface area contributed by atoms with Crippen LogP contribution in [0.1, 0.15) is 59.1 Å². The zero-order valence-electron chi connectivity index (χ0n) is 21.8. The molecule has 0 saturated heterocycles. The summed E-state index contributed by atoms with van der Waals surface area (Å²) in [6.45, 7) is 6.27. The van der Waals surface area contributed by atoms with E-state index in [0.29, 0.717) is 58.8 Å². The molecule has 0 saturated carbocycles. The Morgan fingerprint density at radius 3 is 2.47 bits per heavy atom. The lowest BCUT2D eigenvalue weighted by Crippen LogP contribution is -2.40. The Bertz CT molecular complexity index is 1500. The van der Waals surface area contributed by atoms with Gasteiger partial charge < -0.3 is 15.1 Å². The Balaban J connectivity index is 1.94. The highest BCUT2D eigenvalue weighted by Gasteiger charge is 2.34. The molecule has 0 spiro atoms. The van der Waals surface area contributed by atoms with Crippen molar-refractivity contribution in [1.82, 2.24) is 4.90 Å². The Labute approximate surface area is 227 Å². The van der Waals surface area contributed by atoms with Gasteiger partial charge in [0.15, 0.2) is 5.43 Å². The van der Waals surface area contributed by atoms with E-state index in [1.807, 2.05) is 44.2 Å². The van der Waals surface area contributed by atoms with Gasteiger partial charge in [0.1, 0.15) is 17.2 Å². The van der Waals surface area contributed by atoms with Gasteiger partial charge in [-0.2, -0.15) is 0 Å². The van der Waals surface area contributed by atoms with E-state index in [1.165, 1.54) is 6.07 Å². The highest BCUT2D eigenvalue weighted by atomic mass is 35.5. The Morgan fingerprint density at radius 2 is 1.82 bits per heavy atom. The van der Waals surface area contributed by atoms with Crippen molar-refractivity contribution in [1.29, 1.82) is 0 Å². The van der Waals surface area contributed by atoms with E-state index in [9.17, 15) is 14.0 Å². The molecule has 1 unspecified atom stereocenters. The van der Waals surface area contributed by atoms with Crippen molar-refractivity contribution >= 4 is 28.5 Å². The van der Waals surface area contributed by atoms with Crippen molar-refractivity contribution in [2.24, 2.45) is 11.7 Å². The third-order valence-corrected chi connectivity index (χ3v) is 6.96. The van der Waals surface area contributed by atoms with Crippen LogP contribution in [0.3, 0.4) is 0 Å². The van der Waals surface area contributed by atoms with Crippen LogP contribution in [0.15, 0.2) is 75.9 Å². The van der Waals surface area contributed by atoms with Gasteiger partial charge in [-0.05, 0) is 61.2 Å². The van der Waals surface area contributed by atoms with Crippen molar-refractivity contribution in [3.05, 3.63) is 116 Å².